The molecule has 0 bridgehead atoms. The predicted molar refractivity (Wildman–Crippen MR) is 121 cm³/mol. The molecule has 1 aromatic heterocycles. The van der Waals surface area contributed by atoms with Gasteiger partial charge in [-0.3, -0.25) is 14.6 Å². The molecule has 1 aliphatic heterocycles. The van der Waals surface area contributed by atoms with E-state index in [4.69, 9.17) is 0 Å². The Labute approximate surface area is 189 Å². The molecule has 1 fully saturated rings. The molecule has 1 aromatic carbocycles. The number of carbonyl (C=O) groups is 2. The molecule has 1 N–H and O–H groups in total. The van der Waals surface area contributed by atoms with E-state index in [1.807, 2.05) is 6.07 Å². The zero-order chi connectivity index (χ0) is 23.4. The number of pyridine rings is 1. The van der Waals surface area contributed by atoms with E-state index in [1.54, 1.807) is 43.6 Å². The normalized spacial score (nSPS) is 19.9. The predicted octanol–water partition coefficient (Wildman–Crippen LogP) is 2.04. The third kappa shape index (κ3) is 5.16. The van der Waals surface area contributed by atoms with Gasteiger partial charge in [-0.1, -0.05) is 38.1 Å². The monoisotopic (exact) mass is 458 g/mol. The highest BCUT2D eigenvalue weighted by molar-refractivity contribution is 7.89. The lowest BCUT2D eigenvalue weighted by atomic mass is 9.94. The number of hydrogen-bond donors (Lipinski definition) is 1. The molecule has 0 radical (unpaired) electrons. The van der Waals surface area contributed by atoms with Crippen molar-refractivity contribution in [2.75, 3.05) is 19.6 Å². The van der Waals surface area contributed by atoms with Gasteiger partial charge in [-0.05, 0) is 43.0 Å². The van der Waals surface area contributed by atoms with Crippen LogP contribution in [0.4, 0.5) is 0 Å². The number of nitrogens with one attached hydrogen (secondary N) is 1. The highest BCUT2D eigenvalue weighted by atomic mass is 32.2. The SMILES string of the molecule is CC(C)CCNC(=O)C1(C)CN(S(=O)(=O)c2ccccc2)CC(=O)N1Cc1cccnc1. The maximum absolute atomic E-state index is 13.3. The molecule has 3 rings (SSSR count). The summed E-state index contributed by atoms with van der Waals surface area (Å²) in [5.74, 6) is -0.401. The number of sulfonamides is 1. The summed E-state index contributed by atoms with van der Waals surface area (Å²) in [6, 6.07) is 11.5. The number of amides is 2. The summed E-state index contributed by atoms with van der Waals surface area (Å²) in [6.07, 6.45) is 4.05. The molecule has 32 heavy (non-hydrogen) atoms. The number of nitrogens with zero attached hydrogens (tertiary/aromatic N) is 3. The summed E-state index contributed by atoms with van der Waals surface area (Å²) in [6.45, 7) is 5.89. The first-order chi connectivity index (χ1) is 15.1. The van der Waals surface area contributed by atoms with Crippen LogP contribution in [-0.4, -0.2) is 59.6 Å². The molecule has 2 amide bonds. The van der Waals surface area contributed by atoms with Gasteiger partial charge in [-0.25, -0.2) is 8.42 Å². The maximum atomic E-state index is 13.3. The minimum atomic E-state index is -3.94. The van der Waals surface area contributed by atoms with Gasteiger partial charge in [0, 0.05) is 32.0 Å². The lowest BCUT2D eigenvalue weighted by Crippen LogP contribution is -2.69. The molecule has 1 atom stereocenters. The van der Waals surface area contributed by atoms with Crippen molar-refractivity contribution in [3.05, 3.63) is 60.4 Å². The van der Waals surface area contributed by atoms with Crippen LogP contribution in [0.5, 0.6) is 0 Å². The molecule has 0 aliphatic carbocycles. The second-order valence-electron chi connectivity index (χ2n) is 8.64. The third-order valence-electron chi connectivity index (χ3n) is 5.63. The van der Waals surface area contributed by atoms with Crippen LogP contribution in [0.15, 0.2) is 59.8 Å². The van der Waals surface area contributed by atoms with Crippen molar-refractivity contribution in [3.63, 3.8) is 0 Å². The van der Waals surface area contributed by atoms with Gasteiger partial charge in [0.25, 0.3) is 0 Å². The molecule has 1 saturated heterocycles. The summed E-state index contributed by atoms with van der Waals surface area (Å²) in [5, 5.41) is 2.90. The van der Waals surface area contributed by atoms with Crippen LogP contribution in [0, 0.1) is 5.92 Å². The lowest BCUT2D eigenvalue weighted by molar-refractivity contribution is -0.153. The van der Waals surface area contributed by atoms with E-state index in [1.165, 1.54) is 17.0 Å². The van der Waals surface area contributed by atoms with Crippen molar-refractivity contribution in [3.8, 4) is 0 Å². The zero-order valence-electron chi connectivity index (χ0n) is 18.7. The molecule has 2 heterocycles. The van der Waals surface area contributed by atoms with E-state index < -0.39 is 21.5 Å². The van der Waals surface area contributed by atoms with E-state index in [0.29, 0.717) is 12.5 Å². The molecule has 8 nitrogen and oxygen atoms in total. The summed E-state index contributed by atoms with van der Waals surface area (Å²) >= 11 is 0. The van der Waals surface area contributed by atoms with Crippen LogP contribution in [0.2, 0.25) is 0 Å². The fourth-order valence-electron chi connectivity index (χ4n) is 3.70. The quantitative estimate of drug-likeness (QED) is 0.653. The Morgan fingerprint density at radius 1 is 1.19 bits per heavy atom. The minimum Gasteiger partial charge on any atom is -0.354 e. The minimum absolute atomic E-state index is 0.0936. The van der Waals surface area contributed by atoms with Crippen molar-refractivity contribution in [1.82, 2.24) is 19.5 Å². The smallest absolute Gasteiger partial charge is 0.247 e. The number of aromatic nitrogens is 1. The van der Waals surface area contributed by atoms with Crippen molar-refractivity contribution in [1.29, 1.82) is 0 Å². The van der Waals surface area contributed by atoms with Crippen LogP contribution < -0.4 is 5.32 Å². The van der Waals surface area contributed by atoms with E-state index in [-0.39, 0.29) is 30.4 Å². The van der Waals surface area contributed by atoms with Gasteiger partial charge in [-0.2, -0.15) is 4.31 Å². The standard InChI is InChI=1S/C23H30N4O4S/c1-18(2)11-13-25-22(29)23(3)17-26(32(30,31)20-9-5-4-6-10-20)16-21(28)27(23)15-19-8-7-12-24-14-19/h4-10,12,14,18H,11,13,15-17H2,1-3H3,(H,25,29). The van der Waals surface area contributed by atoms with Gasteiger partial charge in [-0.15, -0.1) is 0 Å². The molecule has 1 unspecified atom stereocenters. The van der Waals surface area contributed by atoms with Crippen molar-refractivity contribution < 1.29 is 18.0 Å². The largest absolute Gasteiger partial charge is 0.354 e. The summed E-state index contributed by atoms with van der Waals surface area (Å²) in [7, 11) is -3.94. The van der Waals surface area contributed by atoms with Gasteiger partial charge in [0.1, 0.15) is 5.54 Å². The fourth-order valence-corrected chi connectivity index (χ4v) is 5.20. The second kappa shape index (κ2) is 9.79. The van der Waals surface area contributed by atoms with E-state index in [9.17, 15) is 18.0 Å². The van der Waals surface area contributed by atoms with Gasteiger partial charge in [0.05, 0.1) is 11.4 Å². The van der Waals surface area contributed by atoms with E-state index >= 15 is 0 Å². The number of hydrogen-bond acceptors (Lipinski definition) is 5. The van der Waals surface area contributed by atoms with Crippen molar-refractivity contribution >= 4 is 21.8 Å². The van der Waals surface area contributed by atoms with Crippen LogP contribution in [-0.2, 0) is 26.2 Å². The Balaban J connectivity index is 1.93. The first-order valence-electron chi connectivity index (χ1n) is 10.7. The molecule has 9 heteroatoms. The first-order valence-corrected chi connectivity index (χ1v) is 12.1. The second-order valence-corrected chi connectivity index (χ2v) is 10.6. The Hall–Kier alpha value is -2.78. The van der Waals surface area contributed by atoms with Gasteiger partial charge in [0.15, 0.2) is 0 Å². The Bertz CT molecular complexity index is 1040. The number of rotatable bonds is 8. The molecular weight excluding hydrogens is 428 g/mol. The number of piperazine rings is 1. The molecule has 0 spiro atoms. The topological polar surface area (TPSA) is 99.7 Å². The summed E-state index contributed by atoms with van der Waals surface area (Å²) in [5.41, 5.74) is -0.606. The van der Waals surface area contributed by atoms with Crippen LogP contribution in [0.3, 0.4) is 0 Å². The van der Waals surface area contributed by atoms with E-state index in [2.05, 4.69) is 24.1 Å². The summed E-state index contributed by atoms with van der Waals surface area (Å²) in [4.78, 5) is 32.2. The average Bonchev–Trinajstić information content (AvgIpc) is 2.77. The fraction of sp³-hybridized carbons (Fsp3) is 0.435. The number of benzene rings is 1. The van der Waals surface area contributed by atoms with Gasteiger partial charge >= 0.3 is 0 Å². The summed E-state index contributed by atoms with van der Waals surface area (Å²) < 4.78 is 27.6. The number of carbonyl (C=O) groups excluding carboxylic acids is 2. The van der Waals surface area contributed by atoms with Gasteiger partial charge in [0.2, 0.25) is 21.8 Å². The highest BCUT2D eigenvalue weighted by Crippen LogP contribution is 2.29. The van der Waals surface area contributed by atoms with E-state index in [0.717, 1.165) is 16.3 Å². The molecule has 172 valence electrons. The lowest BCUT2D eigenvalue weighted by Gasteiger charge is -2.46. The Morgan fingerprint density at radius 3 is 2.53 bits per heavy atom. The maximum Gasteiger partial charge on any atom is 0.247 e. The molecule has 0 saturated carbocycles. The van der Waals surface area contributed by atoms with Crippen LogP contribution in [0.1, 0.15) is 32.8 Å². The zero-order valence-corrected chi connectivity index (χ0v) is 19.5. The molecule has 1 aliphatic rings. The Morgan fingerprint density at radius 2 is 1.91 bits per heavy atom. The van der Waals surface area contributed by atoms with Crippen LogP contribution >= 0.6 is 0 Å². The highest BCUT2D eigenvalue weighted by Gasteiger charge is 2.50. The molecule has 2 aromatic rings. The average molecular weight is 459 g/mol. The van der Waals surface area contributed by atoms with Gasteiger partial charge < -0.3 is 10.2 Å². The van der Waals surface area contributed by atoms with Crippen LogP contribution in [0.25, 0.3) is 0 Å². The molecular formula is C23H30N4O4S. The Kier molecular flexibility index (Phi) is 7.30. The van der Waals surface area contributed by atoms with Crippen molar-refractivity contribution in [2.45, 2.75) is 44.2 Å². The third-order valence-corrected chi connectivity index (χ3v) is 7.44. The van der Waals surface area contributed by atoms with Crippen molar-refractivity contribution in [2.24, 2.45) is 5.92 Å². The first kappa shape index (κ1) is 23.9.